The normalized spacial score (nSPS) is 12.8. The van der Waals surface area contributed by atoms with E-state index in [1.807, 2.05) is 0 Å². The van der Waals surface area contributed by atoms with Crippen molar-refractivity contribution in [2.24, 2.45) is 5.92 Å². The predicted octanol–water partition coefficient (Wildman–Crippen LogP) is 2.74. The molecule has 0 heterocycles. The third-order valence-electron chi connectivity index (χ3n) is 2.41. The Morgan fingerprint density at radius 2 is 2.10 bits per heavy atom. The van der Waals surface area contributed by atoms with E-state index >= 15 is 0 Å². The molecule has 0 amide bonds. The quantitative estimate of drug-likeness (QED) is 0.638. The molecule has 0 radical (unpaired) electrons. The molecule has 0 aromatic heterocycles. The van der Waals surface area contributed by atoms with Crippen LogP contribution in [0.1, 0.15) is 17.3 Å². The summed E-state index contributed by atoms with van der Waals surface area (Å²) in [7, 11) is -2.32. The number of alkyl halides is 1. The summed E-state index contributed by atoms with van der Waals surface area (Å²) in [6.45, 7) is 1.73. The molecule has 0 aliphatic carbocycles. The van der Waals surface area contributed by atoms with Crippen molar-refractivity contribution in [3.63, 3.8) is 0 Å². The molecule has 112 valence electrons. The van der Waals surface area contributed by atoms with E-state index in [2.05, 4.69) is 9.46 Å². The van der Waals surface area contributed by atoms with Crippen molar-refractivity contribution in [3.05, 3.63) is 28.8 Å². The van der Waals surface area contributed by atoms with Crippen LogP contribution in [0.3, 0.4) is 0 Å². The Kier molecular flexibility index (Phi) is 6.10. The zero-order chi connectivity index (χ0) is 15.3. The first-order valence-electron chi connectivity index (χ1n) is 5.73. The fraction of sp³-hybridized carbons (Fsp3) is 0.417. The number of anilines is 1. The SMILES string of the molecule is COC(=O)c1cc(NS(=O)(=O)CC(C)CCl)ccc1Cl. The molecule has 1 N–H and O–H groups in total. The molecule has 0 aliphatic heterocycles. The minimum absolute atomic E-state index is 0.0970. The Morgan fingerprint density at radius 1 is 1.45 bits per heavy atom. The number of halogens is 2. The van der Waals surface area contributed by atoms with E-state index in [0.717, 1.165) is 0 Å². The number of carbonyl (C=O) groups excluding carboxylic acids is 1. The van der Waals surface area contributed by atoms with Crippen LogP contribution in [-0.4, -0.2) is 33.1 Å². The first-order chi connectivity index (χ1) is 9.29. The predicted molar refractivity (Wildman–Crippen MR) is 80.1 cm³/mol. The molecule has 20 heavy (non-hydrogen) atoms. The zero-order valence-corrected chi connectivity index (χ0v) is 13.3. The zero-order valence-electron chi connectivity index (χ0n) is 11.0. The molecule has 1 rings (SSSR count). The molecule has 0 fully saturated rings. The van der Waals surface area contributed by atoms with Gasteiger partial charge in [0.25, 0.3) is 0 Å². The van der Waals surface area contributed by atoms with Gasteiger partial charge in [0, 0.05) is 11.6 Å². The maximum absolute atomic E-state index is 11.9. The lowest BCUT2D eigenvalue weighted by molar-refractivity contribution is 0.0601. The van der Waals surface area contributed by atoms with Crippen molar-refractivity contribution in [2.75, 3.05) is 23.5 Å². The lowest BCUT2D eigenvalue weighted by Gasteiger charge is -2.12. The van der Waals surface area contributed by atoms with Crippen LogP contribution in [0.4, 0.5) is 5.69 Å². The maximum Gasteiger partial charge on any atom is 0.339 e. The van der Waals surface area contributed by atoms with E-state index in [0.29, 0.717) is 0 Å². The van der Waals surface area contributed by atoms with Gasteiger partial charge >= 0.3 is 5.97 Å². The van der Waals surface area contributed by atoms with Crippen molar-refractivity contribution in [3.8, 4) is 0 Å². The van der Waals surface area contributed by atoms with Crippen molar-refractivity contribution < 1.29 is 17.9 Å². The van der Waals surface area contributed by atoms with Gasteiger partial charge in [-0.15, -0.1) is 11.6 Å². The molecule has 0 spiro atoms. The molecule has 0 aliphatic rings. The van der Waals surface area contributed by atoms with E-state index in [9.17, 15) is 13.2 Å². The number of methoxy groups -OCH3 is 1. The van der Waals surface area contributed by atoms with Gasteiger partial charge in [0.15, 0.2) is 0 Å². The van der Waals surface area contributed by atoms with E-state index in [1.54, 1.807) is 6.92 Å². The Bertz CT molecular complexity index is 589. The maximum atomic E-state index is 11.9. The number of esters is 1. The van der Waals surface area contributed by atoms with Gasteiger partial charge in [-0.3, -0.25) is 4.72 Å². The number of carbonyl (C=O) groups is 1. The highest BCUT2D eigenvalue weighted by Gasteiger charge is 2.17. The molecule has 0 saturated carbocycles. The molecule has 1 unspecified atom stereocenters. The Morgan fingerprint density at radius 3 is 2.65 bits per heavy atom. The van der Waals surface area contributed by atoms with Crippen LogP contribution in [0.15, 0.2) is 18.2 Å². The van der Waals surface area contributed by atoms with Gasteiger partial charge in [-0.2, -0.15) is 0 Å². The number of hydrogen-bond acceptors (Lipinski definition) is 4. The van der Waals surface area contributed by atoms with Crippen LogP contribution in [-0.2, 0) is 14.8 Å². The lowest BCUT2D eigenvalue weighted by Crippen LogP contribution is -2.22. The number of hydrogen-bond donors (Lipinski definition) is 1. The number of benzene rings is 1. The minimum atomic E-state index is -3.54. The van der Waals surface area contributed by atoms with E-state index < -0.39 is 16.0 Å². The number of rotatable bonds is 6. The second kappa shape index (κ2) is 7.15. The highest BCUT2D eigenvalue weighted by atomic mass is 35.5. The average Bonchev–Trinajstić information content (AvgIpc) is 2.39. The first-order valence-corrected chi connectivity index (χ1v) is 8.30. The third kappa shape index (κ3) is 4.85. The molecule has 8 heteroatoms. The average molecular weight is 340 g/mol. The van der Waals surface area contributed by atoms with Crippen LogP contribution in [0, 0.1) is 5.92 Å². The summed E-state index contributed by atoms with van der Waals surface area (Å²) >= 11 is 11.4. The fourth-order valence-electron chi connectivity index (χ4n) is 1.50. The standard InChI is InChI=1S/C12H15Cl2NO4S/c1-8(6-13)7-20(17,18)15-9-3-4-11(14)10(5-9)12(16)19-2/h3-5,8,15H,6-7H2,1-2H3. The highest BCUT2D eigenvalue weighted by molar-refractivity contribution is 7.92. The van der Waals surface area contributed by atoms with Gasteiger partial charge in [0.05, 0.1) is 23.4 Å². The van der Waals surface area contributed by atoms with Crippen molar-refractivity contribution in [2.45, 2.75) is 6.92 Å². The van der Waals surface area contributed by atoms with Gasteiger partial charge in [0.2, 0.25) is 10.0 Å². The summed E-state index contributed by atoms with van der Waals surface area (Å²) < 4.78 is 30.7. The molecule has 1 aromatic rings. The molecule has 5 nitrogen and oxygen atoms in total. The Balaban J connectivity index is 2.96. The van der Waals surface area contributed by atoms with Gasteiger partial charge in [0.1, 0.15) is 0 Å². The van der Waals surface area contributed by atoms with Crippen molar-refractivity contribution >= 4 is 44.9 Å². The fourth-order valence-corrected chi connectivity index (χ4v) is 3.37. The van der Waals surface area contributed by atoms with E-state index in [-0.39, 0.29) is 33.8 Å². The van der Waals surface area contributed by atoms with Crippen LogP contribution in [0.25, 0.3) is 0 Å². The summed E-state index contributed by atoms with van der Waals surface area (Å²) in [6, 6.07) is 4.23. The molecular weight excluding hydrogens is 325 g/mol. The van der Waals surface area contributed by atoms with Crippen LogP contribution < -0.4 is 4.72 Å². The molecular formula is C12H15Cl2NO4S. The molecule has 0 bridgehead atoms. The number of sulfonamides is 1. The van der Waals surface area contributed by atoms with Gasteiger partial charge in [-0.25, -0.2) is 13.2 Å². The lowest BCUT2D eigenvalue weighted by atomic mass is 10.2. The van der Waals surface area contributed by atoms with Crippen molar-refractivity contribution in [1.82, 2.24) is 0 Å². The summed E-state index contributed by atoms with van der Waals surface area (Å²) in [5.74, 6) is -0.673. The highest BCUT2D eigenvalue weighted by Crippen LogP contribution is 2.22. The monoisotopic (exact) mass is 339 g/mol. The van der Waals surface area contributed by atoms with Crippen LogP contribution in [0.2, 0.25) is 5.02 Å². The summed E-state index contributed by atoms with van der Waals surface area (Å²) in [6.07, 6.45) is 0. The first kappa shape index (κ1) is 17.1. The van der Waals surface area contributed by atoms with E-state index in [1.165, 1.54) is 25.3 Å². The molecule has 1 atom stereocenters. The Labute approximate surface area is 128 Å². The smallest absolute Gasteiger partial charge is 0.339 e. The largest absolute Gasteiger partial charge is 0.465 e. The van der Waals surface area contributed by atoms with Gasteiger partial charge < -0.3 is 4.74 Å². The Hall–Kier alpha value is -0.980. The summed E-state index contributed by atoms with van der Waals surface area (Å²) in [5.41, 5.74) is 0.344. The van der Waals surface area contributed by atoms with Gasteiger partial charge in [-0.05, 0) is 24.1 Å². The molecule has 0 saturated heterocycles. The minimum Gasteiger partial charge on any atom is -0.465 e. The number of nitrogens with one attached hydrogen (secondary N) is 1. The van der Waals surface area contributed by atoms with Gasteiger partial charge in [-0.1, -0.05) is 18.5 Å². The van der Waals surface area contributed by atoms with Crippen LogP contribution in [0.5, 0.6) is 0 Å². The topological polar surface area (TPSA) is 72.5 Å². The van der Waals surface area contributed by atoms with Crippen LogP contribution >= 0.6 is 23.2 Å². The second-order valence-corrected chi connectivity index (χ2v) is 6.81. The third-order valence-corrected chi connectivity index (χ3v) is 4.82. The number of ether oxygens (including phenoxy) is 1. The molecule has 1 aromatic carbocycles. The summed E-state index contributed by atoms with van der Waals surface area (Å²) in [4.78, 5) is 11.5. The summed E-state index contributed by atoms with van der Waals surface area (Å²) in [5, 5.41) is 0.189. The van der Waals surface area contributed by atoms with E-state index in [4.69, 9.17) is 23.2 Å². The van der Waals surface area contributed by atoms with Crippen molar-refractivity contribution in [1.29, 1.82) is 0 Å². The second-order valence-electron chi connectivity index (χ2n) is 4.33.